The number of nitrogens with one attached hydrogen (secondary N) is 1. The van der Waals surface area contributed by atoms with Crippen LogP contribution in [0.3, 0.4) is 0 Å². The largest absolute Gasteiger partial charge is 0.444 e. The van der Waals surface area contributed by atoms with Gasteiger partial charge in [-0.25, -0.2) is 9.78 Å². The zero-order chi connectivity index (χ0) is 13.2. The Morgan fingerprint density at radius 3 is 2.89 bits per heavy atom. The van der Waals surface area contributed by atoms with Crippen LogP contribution in [0.5, 0.6) is 0 Å². The maximum Gasteiger partial charge on any atom is 0.413 e. The predicted octanol–water partition coefficient (Wildman–Crippen LogP) is 3.17. The SMILES string of the molecule is CC(C)(C)OC(=O)Nc1nc(COC2CC2)cs1. The standard InChI is InChI=1S/C12H18N2O3S/c1-12(2,3)17-11(15)14-10-13-8(7-18-10)6-16-9-4-5-9/h7,9H,4-6H2,1-3H3,(H,13,14,15). The van der Waals surface area contributed by atoms with Crippen LogP contribution >= 0.6 is 11.3 Å². The van der Waals surface area contributed by atoms with Gasteiger partial charge in [-0.15, -0.1) is 11.3 Å². The minimum atomic E-state index is -0.501. The number of carbonyl (C=O) groups is 1. The number of hydrogen-bond donors (Lipinski definition) is 1. The fraction of sp³-hybridized carbons (Fsp3) is 0.667. The van der Waals surface area contributed by atoms with Crippen LogP contribution in [0, 0.1) is 0 Å². The van der Waals surface area contributed by atoms with Gasteiger partial charge in [0.15, 0.2) is 5.13 Å². The van der Waals surface area contributed by atoms with E-state index in [1.165, 1.54) is 11.3 Å². The Morgan fingerprint density at radius 1 is 1.56 bits per heavy atom. The zero-order valence-corrected chi connectivity index (χ0v) is 11.7. The molecule has 0 unspecified atom stereocenters. The number of ether oxygens (including phenoxy) is 2. The van der Waals surface area contributed by atoms with E-state index in [9.17, 15) is 4.79 Å². The topological polar surface area (TPSA) is 60.5 Å². The van der Waals surface area contributed by atoms with Crippen molar-refractivity contribution in [2.75, 3.05) is 5.32 Å². The average Bonchev–Trinajstić information content (AvgIpc) is 2.94. The van der Waals surface area contributed by atoms with Crippen LogP contribution in [0.4, 0.5) is 9.93 Å². The first-order valence-electron chi connectivity index (χ1n) is 5.98. The van der Waals surface area contributed by atoms with Crippen LogP contribution in [0.15, 0.2) is 5.38 Å². The number of hydrogen-bond acceptors (Lipinski definition) is 5. The molecule has 1 aliphatic rings. The summed E-state index contributed by atoms with van der Waals surface area (Å²) in [5.74, 6) is 0. The summed E-state index contributed by atoms with van der Waals surface area (Å²) in [5, 5.41) is 5.04. The van der Waals surface area contributed by atoms with E-state index in [0.717, 1.165) is 18.5 Å². The van der Waals surface area contributed by atoms with Crippen molar-refractivity contribution in [1.29, 1.82) is 0 Å². The van der Waals surface area contributed by atoms with E-state index in [1.54, 1.807) is 0 Å². The Morgan fingerprint density at radius 2 is 2.28 bits per heavy atom. The van der Waals surface area contributed by atoms with Gasteiger partial charge < -0.3 is 9.47 Å². The zero-order valence-electron chi connectivity index (χ0n) is 10.9. The Labute approximate surface area is 111 Å². The van der Waals surface area contributed by atoms with Crippen molar-refractivity contribution >= 4 is 22.6 Å². The fourth-order valence-electron chi connectivity index (χ4n) is 1.26. The Kier molecular flexibility index (Phi) is 3.87. The van der Waals surface area contributed by atoms with E-state index in [1.807, 2.05) is 26.2 Å². The van der Waals surface area contributed by atoms with Crippen molar-refractivity contribution in [3.8, 4) is 0 Å². The summed E-state index contributed by atoms with van der Waals surface area (Å²) in [6.45, 7) is 5.98. The van der Waals surface area contributed by atoms with Crippen molar-refractivity contribution in [3.05, 3.63) is 11.1 Å². The molecule has 1 N–H and O–H groups in total. The molecule has 18 heavy (non-hydrogen) atoms. The highest BCUT2D eigenvalue weighted by Crippen LogP contribution is 2.25. The molecule has 1 aliphatic carbocycles. The second-order valence-electron chi connectivity index (χ2n) is 5.28. The van der Waals surface area contributed by atoms with Crippen LogP contribution in [-0.2, 0) is 16.1 Å². The first kappa shape index (κ1) is 13.3. The molecule has 1 aromatic heterocycles. The van der Waals surface area contributed by atoms with E-state index in [4.69, 9.17) is 9.47 Å². The molecule has 1 heterocycles. The van der Waals surface area contributed by atoms with Crippen LogP contribution in [0.2, 0.25) is 0 Å². The molecule has 0 aromatic carbocycles. The van der Waals surface area contributed by atoms with E-state index < -0.39 is 11.7 Å². The summed E-state index contributed by atoms with van der Waals surface area (Å²) in [5.41, 5.74) is 0.345. The Balaban J connectivity index is 1.79. The Bertz CT molecular complexity index is 421. The number of amides is 1. The molecule has 100 valence electrons. The summed E-state index contributed by atoms with van der Waals surface area (Å²) < 4.78 is 10.7. The molecule has 1 aromatic rings. The van der Waals surface area contributed by atoms with Gasteiger partial charge in [-0.1, -0.05) is 0 Å². The summed E-state index contributed by atoms with van der Waals surface area (Å²) >= 11 is 1.37. The van der Waals surface area contributed by atoms with E-state index in [2.05, 4.69) is 10.3 Å². The average molecular weight is 270 g/mol. The number of nitrogens with zero attached hydrogens (tertiary/aromatic N) is 1. The van der Waals surface area contributed by atoms with Crippen LogP contribution in [-0.4, -0.2) is 22.8 Å². The predicted molar refractivity (Wildman–Crippen MR) is 69.8 cm³/mol. The third-order valence-corrected chi connectivity index (χ3v) is 2.96. The molecule has 2 rings (SSSR count). The van der Waals surface area contributed by atoms with E-state index in [-0.39, 0.29) is 0 Å². The first-order valence-corrected chi connectivity index (χ1v) is 6.86. The van der Waals surface area contributed by atoms with Crippen molar-refractivity contribution in [2.24, 2.45) is 0 Å². The molecule has 0 bridgehead atoms. The molecule has 0 saturated heterocycles. The molecule has 1 fully saturated rings. The van der Waals surface area contributed by atoms with Gasteiger partial charge in [0.2, 0.25) is 0 Å². The van der Waals surface area contributed by atoms with Gasteiger partial charge in [0.05, 0.1) is 18.4 Å². The summed E-state index contributed by atoms with van der Waals surface area (Å²) in [6.07, 6.45) is 2.22. The van der Waals surface area contributed by atoms with Gasteiger partial charge in [0.25, 0.3) is 0 Å². The van der Waals surface area contributed by atoms with Gasteiger partial charge in [-0.05, 0) is 33.6 Å². The van der Waals surface area contributed by atoms with Crippen LogP contribution < -0.4 is 5.32 Å². The minimum absolute atomic E-state index is 0.411. The summed E-state index contributed by atoms with van der Waals surface area (Å²) in [6, 6.07) is 0. The smallest absolute Gasteiger partial charge is 0.413 e. The van der Waals surface area contributed by atoms with Crippen molar-refractivity contribution < 1.29 is 14.3 Å². The molecule has 6 heteroatoms. The van der Waals surface area contributed by atoms with Crippen molar-refractivity contribution in [1.82, 2.24) is 4.98 Å². The van der Waals surface area contributed by atoms with E-state index >= 15 is 0 Å². The van der Waals surface area contributed by atoms with Crippen molar-refractivity contribution in [3.63, 3.8) is 0 Å². The monoisotopic (exact) mass is 270 g/mol. The summed E-state index contributed by atoms with van der Waals surface area (Å²) in [4.78, 5) is 15.8. The third-order valence-electron chi connectivity index (χ3n) is 2.15. The van der Waals surface area contributed by atoms with Crippen LogP contribution in [0.1, 0.15) is 39.3 Å². The van der Waals surface area contributed by atoms with Gasteiger partial charge in [-0.3, -0.25) is 5.32 Å². The molecule has 0 spiro atoms. The second kappa shape index (κ2) is 5.24. The number of thiazole rings is 1. The molecular weight excluding hydrogens is 252 g/mol. The van der Waals surface area contributed by atoms with Gasteiger partial charge in [0, 0.05) is 5.38 Å². The molecule has 1 saturated carbocycles. The quantitative estimate of drug-likeness (QED) is 0.913. The maximum atomic E-state index is 11.5. The minimum Gasteiger partial charge on any atom is -0.444 e. The lowest BCUT2D eigenvalue weighted by Crippen LogP contribution is -2.27. The normalized spacial score (nSPS) is 15.5. The lowest BCUT2D eigenvalue weighted by atomic mass is 10.2. The van der Waals surface area contributed by atoms with Gasteiger partial charge >= 0.3 is 6.09 Å². The first-order chi connectivity index (χ1) is 8.42. The van der Waals surface area contributed by atoms with Crippen molar-refractivity contribution in [2.45, 2.75) is 51.9 Å². The Hall–Kier alpha value is -1.14. The molecule has 1 amide bonds. The third kappa shape index (κ3) is 4.62. The molecule has 0 atom stereocenters. The van der Waals surface area contributed by atoms with Gasteiger partial charge in [-0.2, -0.15) is 0 Å². The lowest BCUT2D eigenvalue weighted by Gasteiger charge is -2.18. The van der Waals surface area contributed by atoms with Crippen LogP contribution in [0.25, 0.3) is 0 Å². The summed E-state index contributed by atoms with van der Waals surface area (Å²) in [7, 11) is 0. The highest BCUT2D eigenvalue weighted by atomic mass is 32.1. The van der Waals surface area contributed by atoms with Gasteiger partial charge in [0.1, 0.15) is 5.60 Å². The van der Waals surface area contributed by atoms with E-state index in [0.29, 0.717) is 17.8 Å². The number of aromatic nitrogens is 1. The second-order valence-corrected chi connectivity index (χ2v) is 6.14. The number of carbonyl (C=O) groups excluding carboxylic acids is 1. The highest BCUT2D eigenvalue weighted by molar-refractivity contribution is 7.13. The number of anilines is 1. The fourth-order valence-corrected chi connectivity index (χ4v) is 1.94. The molecular formula is C12H18N2O3S. The lowest BCUT2D eigenvalue weighted by molar-refractivity contribution is 0.0635. The molecule has 0 aliphatic heterocycles. The maximum absolute atomic E-state index is 11.5. The molecule has 0 radical (unpaired) electrons. The highest BCUT2D eigenvalue weighted by Gasteiger charge is 2.22. The molecule has 5 nitrogen and oxygen atoms in total. The number of rotatable bonds is 4.